The fourth-order valence-corrected chi connectivity index (χ4v) is 10.1. The van der Waals surface area contributed by atoms with Crippen LogP contribution in [0.5, 0.6) is 0 Å². The Bertz CT molecular complexity index is 1490. The Morgan fingerprint density at radius 1 is 1.15 bits per heavy atom. The zero-order valence-electron chi connectivity index (χ0n) is 23.6. The van der Waals surface area contributed by atoms with Crippen molar-refractivity contribution in [2.45, 2.75) is 50.7 Å². The Kier molecular flexibility index (Phi) is 7.78. The molecule has 2 aromatic heterocycles. The van der Waals surface area contributed by atoms with Crippen LogP contribution in [0.25, 0.3) is 11.0 Å². The third-order valence-corrected chi connectivity index (χ3v) is 12.4. The standard InChI is InChI=1S/C30H37N5O4Si/c1-30(2,3)40(21-12-8-6-9-13-21,22-14-10-7-11-15-22)38-18-25-24(36)17-27(39-25)35-20-32-28-23(35)16-26(33-29(28)37)31-19-34(4)5/h6-16,19-20,24-25,27,36H,17-18H2,1-5H3,(H,33,37)/b31-19-/t24?,25-,27-/m1/s1. The number of pyridine rings is 1. The van der Waals surface area contributed by atoms with Crippen LogP contribution in [-0.2, 0) is 9.16 Å². The van der Waals surface area contributed by atoms with Crippen LogP contribution in [0.15, 0.2) is 82.8 Å². The highest BCUT2D eigenvalue weighted by atomic mass is 28.4. The van der Waals surface area contributed by atoms with Crippen molar-refractivity contribution in [2.75, 3.05) is 20.7 Å². The maximum atomic E-state index is 12.7. The first kappa shape index (κ1) is 28.0. The maximum Gasteiger partial charge on any atom is 0.277 e. The minimum atomic E-state index is -2.79. The van der Waals surface area contributed by atoms with Crippen LogP contribution >= 0.6 is 0 Å². The first-order valence-electron chi connectivity index (χ1n) is 13.5. The fraction of sp³-hybridized carbons (Fsp3) is 0.367. The molecule has 1 aliphatic rings. The maximum absolute atomic E-state index is 12.7. The van der Waals surface area contributed by atoms with Crippen LogP contribution in [0, 0.1) is 0 Å². The van der Waals surface area contributed by atoms with E-state index in [4.69, 9.17) is 9.16 Å². The Morgan fingerprint density at radius 3 is 2.35 bits per heavy atom. The molecule has 0 radical (unpaired) electrons. The van der Waals surface area contributed by atoms with Gasteiger partial charge in [0.2, 0.25) is 0 Å². The number of aliphatic hydroxyl groups excluding tert-OH is 1. The van der Waals surface area contributed by atoms with E-state index in [1.807, 2.05) is 26.2 Å². The number of aromatic nitrogens is 3. The molecule has 9 nitrogen and oxygen atoms in total. The molecule has 0 saturated carbocycles. The molecule has 0 spiro atoms. The van der Waals surface area contributed by atoms with Crippen LogP contribution < -0.4 is 15.9 Å². The van der Waals surface area contributed by atoms with Crippen molar-refractivity contribution in [3.63, 3.8) is 0 Å². The van der Waals surface area contributed by atoms with Crippen LogP contribution in [-0.4, -0.2) is 72.1 Å². The largest absolute Gasteiger partial charge is 0.405 e. The molecule has 0 bridgehead atoms. The highest BCUT2D eigenvalue weighted by Gasteiger charge is 2.51. The van der Waals surface area contributed by atoms with Gasteiger partial charge in [-0.05, 0) is 15.4 Å². The van der Waals surface area contributed by atoms with Gasteiger partial charge in [0.25, 0.3) is 13.9 Å². The molecule has 0 amide bonds. The molecule has 3 heterocycles. The number of aliphatic hydroxyl groups is 1. The van der Waals surface area contributed by atoms with Crippen LogP contribution in [0.3, 0.4) is 0 Å². The van der Waals surface area contributed by atoms with Crippen molar-refractivity contribution in [3.8, 4) is 0 Å². The van der Waals surface area contributed by atoms with Gasteiger partial charge in [-0.2, -0.15) is 0 Å². The van der Waals surface area contributed by atoms with Gasteiger partial charge in [0.1, 0.15) is 18.1 Å². The highest BCUT2D eigenvalue weighted by molar-refractivity contribution is 6.99. The van der Waals surface area contributed by atoms with Crippen molar-refractivity contribution >= 4 is 41.9 Å². The molecule has 1 saturated heterocycles. The molecule has 0 aliphatic carbocycles. The minimum absolute atomic E-state index is 0.191. The Labute approximate surface area is 235 Å². The summed E-state index contributed by atoms with van der Waals surface area (Å²) in [4.78, 5) is 25.8. The second-order valence-corrected chi connectivity index (χ2v) is 15.8. The van der Waals surface area contributed by atoms with E-state index < -0.39 is 26.8 Å². The van der Waals surface area contributed by atoms with E-state index in [1.165, 1.54) is 10.4 Å². The van der Waals surface area contributed by atoms with Gasteiger partial charge in [-0.25, -0.2) is 9.98 Å². The first-order valence-corrected chi connectivity index (χ1v) is 15.4. The lowest BCUT2D eigenvalue weighted by atomic mass is 10.2. The average molecular weight is 560 g/mol. The summed E-state index contributed by atoms with van der Waals surface area (Å²) < 4.78 is 15.2. The molecule has 1 fully saturated rings. The van der Waals surface area contributed by atoms with E-state index in [1.54, 1.807) is 28.2 Å². The van der Waals surface area contributed by atoms with Gasteiger partial charge in [-0.3, -0.25) is 4.79 Å². The lowest BCUT2D eigenvalue weighted by Crippen LogP contribution is -2.67. The normalized spacial score (nSPS) is 20.0. The van der Waals surface area contributed by atoms with E-state index in [0.29, 0.717) is 23.3 Å². The van der Waals surface area contributed by atoms with Gasteiger partial charge in [-0.1, -0.05) is 81.4 Å². The number of nitrogens with one attached hydrogen (secondary N) is 1. The molecule has 1 aliphatic heterocycles. The van der Waals surface area contributed by atoms with Gasteiger partial charge in [0.05, 0.1) is 30.9 Å². The minimum Gasteiger partial charge on any atom is -0.405 e. The predicted molar refractivity (Wildman–Crippen MR) is 160 cm³/mol. The van der Waals surface area contributed by atoms with Crippen molar-refractivity contribution < 1.29 is 14.3 Å². The third-order valence-electron chi connectivity index (χ3n) is 7.39. The zero-order valence-corrected chi connectivity index (χ0v) is 24.6. The molecule has 4 aromatic rings. The molecule has 210 valence electrons. The molecule has 2 aromatic carbocycles. The summed E-state index contributed by atoms with van der Waals surface area (Å²) >= 11 is 0. The second-order valence-electron chi connectivity index (χ2n) is 11.5. The summed E-state index contributed by atoms with van der Waals surface area (Å²) in [6.45, 7) is 6.90. The van der Waals surface area contributed by atoms with Crippen molar-refractivity contribution in [1.29, 1.82) is 0 Å². The first-order chi connectivity index (χ1) is 19.1. The predicted octanol–water partition coefficient (Wildman–Crippen LogP) is 3.17. The van der Waals surface area contributed by atoms with Crippen molar-refractivity contribution in [3.05, 3.63) is 83.4 Å². The zero-order chi connectivity index (χ0) is 28.5. The summed E-state index contributed by atoms with van der Waals surface area (Å²) in [5, 5.41) is 13.3. The van der Waals surface area contributed by atoms with Gasteiger partial charge in [0, 0.05) is 26.6 Å². The summed E-state index contributed by atoms with van der Waals surface area (Å²) in [7, 11) is 0.921. The smallest absolute Gasteiger partial charge is 0.277 e. The number of rotatable bonds is 8. The Morgan fingerprint density at radius 2 is 1.77 bits per heavy atom. The monoisotopic (exact) mass is 559 g/mol. The lowest BCUT2D eigenvalue weighted by Gasteiger charge is -2.43. The number of fused-ring (bicyclic) bond motifs is 1. The molecule has 40 heavy (non-hydrogen) atoms. The van der Waals surface area contributed by atoms with Crippen LogP contribution in [0.2, 0.25) is 5.04 Å². The summed E-state index contributed by atoms with van der Waals surface area (Å²) in [6, 6.07) is 22.6. The van der Waals surface area contributed by atoms with E-state index in [9.17, 15) is 9.90 Å². The summed E-state index contributed by atoms with van der Waals surface area (Å²) in [6.07, 6.45) is 1.77. The molecule has 10 heteroatoms. The highest BCUT2D eigenvalue weighted by Crippen LogP contribution is 2.38. The van der Waals surface area contributed by atoms with E-state index in [2.05, 4.69) is 84.3 Å². The third kappa shape index (κ3) is 5.27. The lowest BCUT2D eigenvalue weighted by molar-refractivity contribution is -0.0397. The van der Waals surface area contributed by atoms with Crippen LogP contribution in [0.1, 0.15) is 33.4 Å². The van der Waals surface area contributed by atoms with E-state index in [0.717, 1.165) is 0 Å². The number of aromatic amines is 1. The molecule has 1 unspecified atom stereocenters. The van der Waals surface area contributed by atoms with E-state index in [-0.39, 0.29) is 17.2 Å². The van der Waals surface area contributed by atoms with Gasteiger partial charge in [-0.15, -0.1) is 0 Å². The van der Waals surface area contributed by atoms with E-state index >= 15 is 0 Å². The van der Waals surface area contributed by atoms with Gasteiger partial charge < -0.3 is 28.7 Å². The number of nitrogens with zero attached hydrogens (tertiary/aromatic N) is 4. The van der Waals surface area contributed by atoms with Gasteiger partial charge in [0.15, 0.2) is 5.52 Å². The number of H-pyrrole nitrogens is 1. The number of imidazole rings is 1. The molecule has 2 N–H and O–H groups in total. The number of aliphatic imine (C=N–C) groups is 1. The molecular weight excluding hydrogens is 522 g/mol. The fourth-order valence-electron chi connectivity index (χ4n) is 5.51. The number of benzene rings is 2. The average Bonchev–Trinajstić information content (AvgIpc) is 3.52. The number of ether oxygens (including phenoxy) is 1. The SMILES string of the molecule is CN(C)/C=N\c1cc2c(ncn2[C@H]2CC(O)[C@@H](CO[Si](c3ccccc3)(c3ccccc3)C(C)(C)C)O2)c(=O)[nH]1. The second kappa shape index (κ2) is 11.1. The topological polar surface area (TPSA) is 105 Å². The molecular formula is C30H37N5O4Si. The summed E-state index contributed by atoms with van der Waals surface area (Å²) in [5.74, 6) is 0.415. The van der Waals surface area contributed by atoms with Crippen LogP contribution in [0.4, 0.5) is 5.82 Å². The van der Waals surface area contributed by atoms with Gasteiger partial charge >= 0.3 is 0 Å². The quantitative estimate of drug-likeness (QED) is 0.195. The molecule has 3 atom stereocenters. The van der Waals surface area contributed by atoms with Crippen molar-refractivity contribution in [2.24, 2.45) is 4.99 Å². The summed E-state index contributed by atoms with van der Waals surface area (Å²) in [5.41, 5.74) is 0.571. The Balaban J connectivity index is 1.44. The number of hydrogen-bond donors (Lipinski definition) is 2. The number of hydrogen-bond acceptors (Lipinski definition) is 6. The molecule has 5 rings (SSSR count). The Hall–Kier alpha value is -3.57. The van der Waals surface area contributed by atoms with Crippen molar-refractivity contribution in [1.82, 2.24) is 19.4 Å².